The molecule has 2 aliphatic rings. The van der Waals surface area contributed by atoms with Crippen LogP contribution in [0.4, 0.5) is 5.69 Å². The van der Waals surface area contributed by atoms with Gasteiger partial charge in [0.2, 0.25) is 0 Å². The van der Waals surface area contributed by atoms with Crippen molar-refractivity contribution in [2.24, 2.45) is 5.41 Å². The van der Waals surface area contributed by atoms with E-state index in [1.165, 1.54) is 41.3 Å². The van der Waals surface area contributed by atoms with Crippen molar-refractivity contribution in [3.8, 4) is 0 Å². The first-order valence-electron chi connectivity index (χ1n) is 8.77. The lowest BCUT2D eigenvalue weighted by Crippen LogP contribution is -2.42. The van der Waals surface area contributed by atoms with Crippen LogP contribution in [0, 0.1) is 12.3 Å². The van der Waals surface area contributed by atoms with Gasteiger partial charge in [0.15, 0.2) is 0 Å². The van der Waals surface area contributed by atoms with Crippen LogP contribution in [0.2, 0.25) is 0 Å². The zero-order chi connectivity index (χ0) is 15.8. The minimum absolute atomic E-state index is 0.491. The Labute approximate surface area is 137 Å². The van der Waals surface area contributed by atoms with E-state index in [4.69, 9.17) is 4.42 Å². The maximum atomic E-state index is 6.04. The Balaban J connectivity index is 1.73. The van der Waals surface area contributed by atoms with Gasteiger partial charge in [0.05, 0.1) is 0 Å². The minimum atomic E-state index is 0.491. The van der Waals surface area contributed by atoms with Gasteiger partial charge >= 0.3 is 0 Å². The van der Waals surface area contributed by atoms with E-state index in [9.17, 15) is 0 Å². The molecule has 1 aromatic heterocycles. The second kappa shape index (κ2) is 4.31. The summed E-state index contributed by atoms with van der Waals surface area (Å²) in [6, 6.07) is 14.3. The number of anilines is 1. The summed E-state index contributed by atoms with van der Waals surface area (Å²) < 4.78 is 6.04. The molecule has 2 heterocycles. The maximum absolute atomic E-state index is 6.04. The number of rotatable bonds is 1. The van der Waals surface area contributed by atoms with E-state index in [1.807, 2.05) is 6.07 Å². The average Bonchev–Trinajstić information content (AvgIpc) is 3.15. The summed E-state index contributed by atoms with van der Waals surface area (Å²) in [4.78, 5) is 2.69. The predicted octanol–water partition coefficient (Wildman–Crippen LogP) is 5.66. The molecule has 2 bridgehead atoms. The smallest absolute Gasteiger partial charge is 0.135 e. The quantitative estimate of drug-likeness (QED) is 0.576. The molecule has 2 aromatic carbocycles. The number of benzene rings is 2. The molecule has 0 radical (unpaired) electrons. The molecule has 3 atom stereocenters. The van der Waals surface area contributed by atoms with E-state index >= 15 is 0 Å². The standard InChI is InChI=1S/C21H23NO/c1-13-10-20-17(16-6-4-5-7-19(16)23-20)11-18(13)22-14(2)21(3)9-8-15(22)12-21/h4-7,10-11,14-15H,8-9,12H2,1-3H3/t14-,15?,21?/m0/s1. The highest BCUT2D eigenvalue weighted by Gasteiger charge is 2.51. The topological polar surface area (TPSA) is 16.4 Å². The summed E-state index contributed by atoms with van der Waals surface area (Å²) in [5.74, 6) is 0. The average molecular weight is 305 g/mol. The van der Waals surface area contributed by atoms with E-state index in [0.29, 0.717) is 17.5 Å². The van der Waals surface area contributed by atoms with E-state index in [0.717, 1.165) is 11.2 Å². The molecule has 0 N–H and O–H groups in total. The molecular formula is C21H23NO. The van der Waals surface area contributed by atoms with E-state index in [2.05, 4.69) is 56.0 Å². The zero-order valence-corrected chi connectivity index (χ0v) is 14.1. The van der Waals surface area contributed by atoms with Crippen molar-refractivity contribution in [2.45, 2.75) is 52.1 Å². The fourth-order valence-electron chi connectivity index (χ4n) is 5.05. The van der Waals surface area contributed by atoms with Gasteiger partial charge in [0.25, 0.3) is 0 Å². The summed E-state index contributed by atoms with van der Waals surface area (Å²) in [5, 5.41) is 2.48. The molecule has 2 nitrogen and oxygen atoms in total. The Morgan fingerprint density at radius 3 is 2.74 bits per heavy atom. The first kappa shape index (κ1) is 13.5. The third-order valence-corrected chi connectivity index (χ3v) is 6.54. The van der Waals surface area contributed by atoms with Crippen LogP contribution in [-0.4, -0.2) is 12.1 Å². The number of para-hydroxylation sites is 1. The van der Waals surface area contributed by atoms with Crippen molar-refractivity contribution in [1.29, 1.82) is 0 Å². The third-order valence-electron chi connectivity index (χ3n) is 6.54. The van der Waals surface area contributed by atoms with Crippen LogP contribution in [0.25, 0.3) is 21.9 Å². The number of piperidine rings is 1. The molecule has 1 aliphatic carbocycles. The van der Waals surface area contributed by atoms with Gasteiger partial charge in [-0.05, 0) is 62.3 Å². The van der Waals surface area contributed by atoms with Gasteiger partial charge in [-0.15, -0.1) is 0 Å². The number of hydrogen-bond acceptors (Lipinski definition) is 2. The molecule has 2 heteroatoms. The summed E-state index contributed by atoms with van der Waals surface area (Å²) in [6.07, 6.45) is 4.06. The molecule has 5 rings (SSSR count). The Kier molecular flexibility index (Phi) is 2.53. The van der Waals surface area contributed by atoms with Crippen molar-refractivity contribution in [3.63, 3.8) is 0 Å². The number of furan rings is 1. The first-order valence-corrected chi connectivity index (χ1v) is 8.77. The van der Waals surface area contributed by atoms with Crippen molar-refractivity contribution in [3.05, 3.63) is 42.0 Å². The van der Waals surface area contributed by atoms with Crippen LogP contribution >= 0.6 is 0 Å². The molecule has 23 heavy (non-hydrogen) atoms. The fraction of sp³-hybridized carbons (Fsp3) is 0.429. The highest BCUT2D eigenvalue weighted by atomic mass is 16.3. The lowest BCUT2D eigenvalue weighted by molar-refractivity contribution is 0.295. The maximum Gasteiger partial charge on any atom is 0.135 e. The van der Waals surface area contributed by atoms with Crippen molar-refractivity contribution >= 4 is 27.6 Å². The fourth-order valence-corrected chi connectivity index (χ4v) is 5.05. The van der Waals surface area contributed by atoms with E-state index < -0.39 is 0 Å². The second-order valence-corrected chi connectivity index (χ2v) is 7.87. The number of nitrogens with zero attached hydrogens (tertiary/aromatic N) is 1. The lowest BCUT2D eigenvalue weighted by atomic mass is 9.82. The Bertz CT molecular complexity index is 924. The highest BCUT2D eigenvalue weighted by molar-refractivity contribution is 6.06. The van der Waals surface area contributed by atoms with Gasteiger partial charge in [-0.3, -0.25) is 0 Å². The molecule has 1 saturated carbocycles. The second-order valence-electron chi connectivity index (χ2n) is 7.87. The number of aryl methyl sites for hydroxylation is 1. The molecular weight excluding hydrogens is 282 g/mol. The van der Waals surface area contributed by atoms with Crippen LogP contribution in [0.1, 0.15) is 38.7 Å². The van der Waals surface area contributed by atoms with Crippen LogP contribution in [0.5, 0.6) is 0 Å². The van der Waals surface area contributed by atoms with Gasteiger partial charge in [-0.2, -0.15) is 0 Å². The number of fused-ring (bicyclic) bond motifs is 5. The summed E-state index contributed by atoms with van der Waals surface area (Å²) in [7, 11) is 0. The molecule has 2 fully saturated rings. The first-order chi connectivity index (χ1) is 11.1. The van der Waals surface area contributed by atoms with Crippen LogP contribution < -0.4 is 4.90 Å². The van der Waals surface area contributed by atoms with E-state index in [1.54, 1.807) is 0 Å². The summed E-state index contributed by atoms with van der Waals surface area (Å²) in [6.45, 7) is 7.11. The molecule has 1 aliphatic heterocycles. The van der Waals surface area contributed by atoms with Gasteiger partial charge in [-0.25, -0.2) is 0 Å². The monoisotopic (exact) mass is 305 g/mol. The summed E-state index contributed by atoms with van der Waals surface area (Å²) >= 11 is 0. The van der Waals surface area contributed by atoms with Crippen LogP contribution in [-0.2, 0) is 0 Å². The Morgan fingerprint density at radius 1 is 1.13 bits per heavy atom. The van der Waals surface area contributed by atoms with Crippen LogP contribution in [0.15, 0.2) is 40.8 Å². The zero-order valence-electron chi connectivity index (χ0n) is 14.1. The van der Waals surface area contributed by atoms with Crippen molar-refractivity contribution < 1.29 is 4.42 Å². The molecule has 2 unspecified atom stereocenters. The normalized spacial score (nSPS) is 30.0. The van der Waals surface area contributed by atoms with Gasteiger partial charge in [0.1, 0.15) is 11.2 Å². The van der Waals surface area contributed by atoms with Gasteiger partial charge in [-0.1, -0.05) is 25.1 Å². The Hall–Kier alpha value is -1.96. The molecule has 1 saturated heterocycles. The molecule has 3 aromatic rings. The van der Waals surface area contributed by atoms with Crippen LogP contribution in [0.3, 0.4) is 0 Å². The lowest BCUT2D eigenvalue weighted by Gasteiger charge is -2.40. The SMILES string of the molecule is Cc1cc2oc3ccccc3c2cc1N1C2CCC(C)(C2)[C@@H]1C. The van der Waals surface area contributed by atoms with Crippen molar-refractivity contribution in [2.75, 3.05) is 4.90 Å². The Morgan fingerprint density at radius 2 is 1.96 bits per heavy atom. The third kappa shape index (κ3) is 1.69. The minimum Gasteiger partial charge on any atom is -0.456 e. The van der Waals surface area contributed by atoms with Crippen molar-refractivity contribution in [1.82, 2.24) is 0 Å². The molecule has 118 valence electrons. The molecule has 0 spiro atoms. The largest absolute Gasteiger partial charge is 0.456 e. The molecule has 0 amide bonds. The predicted molar refractivity (Wildman–Crippen MR) is 96.1 cm³/mol. The number of hydrogen-bond donors (Lipinski definition) is 0. The van der Waals surface area contributed by atoms with Gasteiger partial charge in [0, 0.05) is 28.5 Å². The van der Waals surface area contributed by atoms with Gasteiger partial charge < -0.3 is 9.32 Å². The summed E-state index contributed by atoms with van der Waals surface area (Å²) in [5.41, 5.74) is 5.23. The highest BCUT2D eigenvalue weighted by Crippen LogP contribution is 2.54. The van der Waals surface area contributed by atoms with E-state index in [-0.39, 0.29) is 0 Å².